The molecule has 154 valence electrons. The number of carbonyl (C=O) groups is 1. The van der Waals surface area contributed by atoms with Gasteiger partial charge in [-0.05, 0) is 48.0 Å². The zero-order valence-corrected chi connectivity index (χ0v) is 16.8. The van der Waals surface area contributed by atoms with Crippen molar-refractivity contribution in [3.05, 3.63) is 97.1 Å². The Hall–Kier alpha value is -4.65. The second-order valence-electron chi connectivity index (χ2n) is 7.03. The third-order valence-electron chi connectivity index (χ3n) is 4.93. The van der Waals surface area contributed by atoms with Crippen LogP contribution >= 0.6 is 0 Å². The zero-order chi connectivity index (χ0) is 21.9. The van der Waals surface area contributed by atoms with Crippen LogP contribution < -0.4 is 10.5 Å². The van der Waals surface area contributed by atoms with Crippen LogP contribution in [0.15, 0.2) is 91.5 Å². The number of para-hydroxylation sites is 1. The van der Waals surface area contributed by atoms with Gasteiger partial charge < -0.3 is 10.5 Å². The van der Waals surface area contributed by atoms with Gasteiger partial charge >= 0.3 is 0 Å². The SMILES string of the molecule is NC(=O)c1ccccc1Oc1nc(-c2cccnc2)nc2ccc(-c3cccnc3)cc12. The first-order valence-electron chi connectivity index (χ1n) is 9.88. The molecule has 3 aromatic heterocycles. The van der Waals surface area contributed by atoms with E-state index in [1.54, 1.807) is 49.1 Å². The molecule has 0 aliphatic heterocycles. The molecule has 7 heteroatoms. The van der Waals surface area contributed by atoms with Crippen molar-refractivity contribution in [1.29, 1.82) is 0 Å². The van der Waals surface area contributed by atoms with Gasteiger partial charge in [-0.2, -0.15) is 4.98 Å². The molecule has 0 spiro atoms. The number of aromatic nitrogens is 4. The average molecular weight is 419 g/mol. The van der Waals surface area contributed by atoms with Crippen LogP contribution in [0.4, 0.5) is 0 Å². The van der Waals surface area contributed by atoms with E-state index in [1.807, 2.05) is 42.5 Å². The standard InChI is InChI=1S/C25H17N5O2/c26-23(31)19-7-1-2-8-22(19)32-25-20-13-16(17-5-3-11-27-14-17)9-10-21(20)29-24(30-25)18-6-4-12-28-15-18/h1-15H,(H2,26,31). The van der Waals surface area contributed by atoms with Gasteiger partial charge in [-0.3, -0.25) is 14.8 Å². The van der Waals surface area contributed by atoms with E-state index >= 15 is 0 Å². The summed E-state index contributed by atoms with van der Waals surface area (Å²) in [5.74, 6) is 0.519. The highest BCUT2D eigenvalue weighted by atomic mass is 16.5. The molecule has 5 rings (SSSR count). The van der Waals surface area contributed by atoms with Crippen molar-refractivity contribution in [2.24, 2.45) is 5.73 Å². The lowest BCUT2D eigenvalue weighted by atomic mass is 10.1. The van der Waals surface area contributed by atoms with Crippen LogP contribution in [0.1, 0.15) is 10.4 Å². The van der Waals surface area contributed by atoms with Gasteiger partial charge in [0.05, 0.1) is 16.5 Å². The van der Waals surface area contributed by atoms with Crippen LogP contribution in [0.3, 0.4) is 0 Å². The van der Waals surface area contributed by atoms with Crippen LogP contribution in [-0.4, -0.2) is 25.8 Å². The highest BCUT2D eigenvalue weighted by molar-refractivity contribution is 5.96. The monoisotopic (exact) mass is 419 g/mol. The summed E-state index contributed by atoms with van der Waals surface area (Å²) in [4.78, 5) is 29.6. The molecule has 0 aliphatic carbocycles. The molecule has 1 amide bonds. The fourth-order valence-corrected chi connectivity index (χ4v) is 3.38. The van der Waals surface area contributed by atoms with Gasteiger partial charge in [0.25, 0.3) is 5.91 Å². The Morgan fingerprint density at radius 3 is 2.25 bits per heavy atom. The van der Waals surface area contributed by atoms with E-state index in [9.17, 15) is 4.79 Å². The van der Waals surface area contributed by atoms with E-state index < -0.39 is 5.91 Å². The summed E-state index contributed by atoms with van der Waals surface area (Å²) in [6, 6.07) is 20.2. The summed E-state index contributed by atoms with van der Waals surface area (Å²) >= 11 is 0. The number of rotatable bonds is 5. The molecule has 5 aromatic rings. The van der Waals surface area contributed by atoms with E-state index in [-0.39, 0.29) is 5.56 Å². The number of pyridine rings is 2. The summed E-state index contributed by atoms with van der Waals surface area (Å²) in [5, 5.41) is 0.693. The fraction of sp³-hybridized carbons (Fsp3) is 0. The average Bonchev–Trinajstić information content (AvgIpc) is 2.85. The Kier molecular flexibility index (Phi) is 4.97. The van der Waals surface area contributed by atoms with Crippen molar-refractivity contribution in [2.45, 2.75) is 0 Å². The van der Waals surface area contributed by atoms with Crippen LogP contribution in [-0.2, 0) is 0 Å². The molecular weight excluding hydrogens is 402 g/mol. The molecule has 0 fully saturated rings. The van der Waals surface area contributed by atoms with Crippen molar-refractivity contribution in [3.63, 3.8) is 0 Å². The number of hydrogen-bond donors (Lipinski definition) is 1. The van der Waals surface area contributed by atoms with Gasteiger partial charge in [0.15, 0.2) is 5.82 Å². The van der Waals surface area contributed by atoms with Crippen molar-refractivity contribution < 1.29 is 9.53 Å². The largest absolute Gasteiger partial charge is 0.437 e. The van der Waals surface area contributed by atoms with Gasteiger partial charge in [0.2, 0.25) is 5.88 Å². The third-order valence-corrected chi connectivity index (χ3v) is 4.93. The number of amides is 1. The van der Waals surface area contributed by atoms with Crippen molar-refractivity contribution in [2.75, 3.05) is 0 Å². The molecule has 0 bridgehead atoms. The molecule has 32 heavy (non-hydrogen) atoms. The first kappa shape index (κ1) is 19.3. The number of ether oxygens (including phenoxy) is 1. The molecule has 0 aliphatic rings. The number of primary amides is 1. The Morgan fingerprint density at radius 1 is 0.781 bits per heavy atom. The number of fused-ring (bicyclic) bond motifs is 1. The second-order valence-corrected chi connectivity index (χ2v) is 7.03. The predicted octanol–water partition coefficient (Wildman–Crippen LogP) is 4.65. The molecule has 3 heterocycles. The molecule has 2 aromatic carbocycles. The number of hydrogen-bond acceptors (Lipinski definition) is 6. The topological polar surface area (TPSA) is 104 Å². The predicted molar refractivity (Wildman–Crippen MR) is 121 cm³/mol. The fourth-order valence-electron chi connectivity index (χ4n) is 3.38. The molecular formula is C25H17N5O2. The first-order chi connectivity index (χ1) is 15.7. The minimum Gasteiger partial charge on any atom is -0.437 e. The molecule has 0 radical (unpaired) electrons. The van der Waals surface area contributed by atoms with Crippen LogP contribution in [0.2, 0.25) is 0 Å². The van der Waals surface area contributed by atoms with Gasteiger partial charge in [-0.25, -0.2) is 4.98 Å². The van der Waals surface area contributed by atoms with E-state index in [1.165, 1.54) is 0 Å². The molecule has 0 unspecified atom stereocenters. The Morgan fingerprint density at radius 2 is 1.53 bits per heavy atom. The summed E-state index contributed by atoms with van der Waals surface area (Å²) in [6.45, 7) is 0. The van der Waals surface area contributed by atoms with Crippen molar-refractivity contribution >= 4 is 16.8 Å². The minimum absolute atomic E-state index is 0.269. The van der Waals surface area contributed by atoms with Gasteiger partial charge in [0, 0.05) is 35.9 Å². The van der Waals surface area contributed by atoms with Crippen molar-refractivity contribution in [3.8, 4) is 34.1 Å². The minimum atomic E-state index is -0.581. The first-order valence-corrected chi connectivity index (χ1v) is 9.88. The maximum absolute atomic E-state index is 11.9. The normalized spacial score (nSPS) is 10.8. The molecule has 0 saturated carbocycles. The van der Waals surface area contributed by atoms with Crippen LogP contribution in [0.5, 0.6) is 11.6 Å². The molecule has 2 N–H and O–H groups in total. The van der Waals surface area contributed by atoms with Crippen LogP contribution in [0, 0.1) is 0 Å². The van der Waals surface area contributed by atoms with Gasteiger partial charge in [-0.15, -0.1) is 0 Å². The third kappa shape index (κ3) is 3.75. The Labute approximate surface area is 183 Å². The Balaban J connectivity index is 1.71. The number of carbonyl (C=O) groups excluding carboxylic acids is 1. The maximum atomic E-state index is 11.9. The number of benzene rings is 2. The summed E-state index contributed by atoms with van der Waals surface area (Å²) in [5.41, 5.74) is 9.14. The summed E-state index contributed by atoms with van der Waals surface area (Å²) < 4.78 is 6.15. The molecule has 0 saturated heterocycles. The molecule has 7 nitrogen and oxygen atoms in total. The van der Waals surface area contributed by atoms with E-state index in [2.05, 4.69) is 15.0 Å². The van der Waals surface area contributed by atoms with E-state index in [0.29, 0.717) is 28.4 Å². The quantitative estimate of drug-likeness (QED) is 0.445. The lowest BCUT2D eigenvalue weighted by Crippen LogP contribution is -2.12. The van der Waals surface area contributed by atoms with E-state index in [0.717, 1.165) is 16.7 Å². The highest BCUT2D eigenvalue weighted by Gasteiger charge is 2.16. The Bertz CT molecular complexity index is 1420. The lowest BCUT2D eigenvalue weighted by molar-refractivity contribution is 0.0998. The number of nitrogens with zero attached hydrogens (tertiary/aromatic N) is 4. The zero-order valence-electron chi connectivity index (χ0n) is 16.8. The van der Waals surface area contributed by atoms with Crippen LogP contribution in [0.25, 0.3) is 33.4 Å². The smallest absolute Gasteiger partial charge is 0.252 e. The summed E-state index contributed by atoms with van der Waals surface area (Å²) in [6.07, 6.45) is 6.88. The molecule has 0 atom stereocenters. The maximum Gasteiger partial charge on any atom is 0.252 e. The number of nitrogens with two attached hydrogens (primary N) is 1. The van der Waals surface area contributed by atoms with Gasteiger partial charge in [-0.1, -0.05) is 24.3 Å². The van der Waals surface area contributed by atoms with Crippen molar-refractivity contribution in [1.82, 2.24) is 19.9 Å². The summed E-state index contributed by atoms with van der Waals surface area (Å²) in [7, 11) is 0. The highest BCUT2D eigenvalue weighted by Crippen LogP contribution is 2.34. The lowest BCUT2D eigenvalue weighted by Gasteiger charge is -2.13. The van der Waals surface area contributed by atoms with Gasteiger partial charge in [0.1, 0.15) is 5.75 Å². The van der Waals surface area contributed by atoms with E-state index in [4.69, 9.17) is 15.5 Å². The second kappa shape index (κ2) is 8.23.